The van der Waals surface area contributed by atoms with E-state index in [-0.39, 0.29) is 27.7 Å². The van der Waals surface area contributed by atoms with Gasteiger partial charge in [-0.3, -0.25) is 14.9 Å². The largest absolute Gasteiger partial charge is 0.508 e. The van der Waals surface area contributed by atoms with Crippen molar-refractivity contribution in [1.29, 1.82) is 5.26 Å². The van der Waals surface area contributed by atoms with E-state index in [1.54, 1.807) is 19.1 Å². The van der Waals surface area contributed by atoms with Gasteiger partial charge in [0, 0.05) is 24.0 Å². The summed E-state index contributed by atoms with van der Waals surface area (Å²) >= 11 is 5.92. The summed E-state index contributed by atoms with van der Waals surface area (Å²) in [6.45, 7) is 1.74. The molecule has 0 aliphatic heterocycles. The minimum atomic E-state index is -0.779. The number of aromatic hydroxyl groups is 1. The van der Waals surface area contributed by atoms with Crippen molar-refractivity contribution in [1.82, 2.24) is 0 Å². The van der Waals surface area contributed by atoms with Gasteiger partial charge in [0.05, 0.1) is 15.6 Å². The molecule has 0 unspecified atom stereocenters. The molecule has 0 aromatic heterocycles. The highest BCUT2D eigenvalue weighted by Gasteiger charge is 2.15. The fraction of sp³-hybridized carbons (Fsp3) is 0.0588. The maximum absolute atomic E-state index is 12.2. The normalized spacial score (nSPS) is 10.7. The molecule has 2 aromatic rings. The van der Waals surface area contributed by atoms with Gasteiger partial charge in [-0.2, -0.15) is 5.26 Å². The van der Waals surface area contributed by atoms with Gasteiger partial charge >= 0.3 is 0 Å². The molecule has 0 bridgehead atoms. The second-order valence-electron chi connectivity index (χ2n) is 5.19. The maximum Gasteiger partial charge on any atom is 0.271 e. The number of nitro groups is 1. The summed E-state index contributed by atoms with van der Waals surface area (Å²) in [5, 5.41) is 34.6. The van der Waals surface area contributed by atoms with Crippen LogP contribution in [0.5, 0.6) is 5.75 Å². The summed E-state index contributed by atoms with van der Waals surface area (Å²) < 4.78 is 0. The van der Waals surface area contributed by atoms with Crippen LogP contribution in [0.25, 0.3) is 0 Å². The monoisotopic (exact) mass is 372 g/mol. The minimum absolute atomic E-state index is 0.0211. The van der Waals surface area contributed by atoms with Crippen molar-refractivity contribution in [3.05, 3.63) is 68.9 Å². The van der Waals surface area contributed by atoms with Crippen molar-refractivity contribution in [2.24, 2.45) is 0 Å². The van der Waals surface area contributed by atoms with E-state index >= 15 is 0 Å². The Bertz CT molecular complexity index is 950. The van der Waals surface area contributed by atoms with E-state index in [0.717, 1.165) is 6.07 Å². The van der Waals surface area contributed by atoms with Gasteiger partial charge in [0.2, 0.25) is 0 Å². The molecule has 0 heterocycles. The van der Waals surface area contributed by atoms with Gasteiger partial charge in [0.25, 0.3) is 11.6 Å². The number of anilines is 2. The Morgan fingerprint density at radius 1 is 1.31 bits per heavy atom. The topological polar surface area (TPSA) is 128 Å². The Hall–Kier alpha value is -3.57. The molecule has 0 spiro atoms. The molecule has 26 heavy (non-hydrogen) atoms. The number of carbonyl (C=O) groups excluding carboxylic acids is 1. The van der Waals surface area contributed by atoms with Crippen LogP contribution >= 0.6 is 11.6 Å². The van der Waals surface area contributed by atoms with Crippen LogP contribution in [0.1, 0.15) is 5.56 Å². The number of nitrogens with one attached hydrogen (secondary N) is 2. The van der Waals surface area contributed by atoms with Gasteiger partial charge < -0.3 is 15.7 Å². The fourth-order valence-electron chi connectivity index (χ4n) is 2.02. The van der Waals surface area contributed by atoms with E-state index in [1.807, 2.05) is 0 Å². The fourth-order valence-corrected chi connectivity index (χ4v) is 2.19. The molecule has 0 fully saturated rings. The van der Waals surface area contributed by atoms with E-state index in [2.05, 4.69) is 10.6 Å². The number of benzene rings is 2. The summed E-state index contributed by atoms with van der Waals surface area (Å²) in [4.78, 5) is 22.4. The summed E-state index contributed by atoms with van der Waals surface area (Å²) in [6, 6.07) is 9.89. The van der Waals surface area contributed by atoms with E-state index in [4.69, 9.17) is 11.6 Å². The molecular formula is C17H13ClN4O4. The Labute approximate surface area is 153 Å². The molecule has 132 valence electrons. The molecule has 8 nitrogen and oxygen atoms in total. The predicted molar refractivity (Wildman–Crippen MR) is 96.9 cm³/mol. The first-order chi connectivity index (χ1) is 12.3. The second-order valence-corrected chi connectivity index (χ2v) is 5.60. The van der Waals surface area contributed by atoms with Crippen molar-refractivity contribution >= 4 is 34.6 Å². The van der Waals surface area contributed by atoms with Crippen molar-refractivity contribution in [2.75, 3.05) is 10.6 Å². The van der Waals surface area contributed by atoms with Crippen molar-refractivity contribution in [3.63, 3.8) is 0 Å². The summed E-state index contributed by atoms with van der Waals surface area (Å²) in [5.74, 6) is -0.686. The van der Waals surface area contributed by atoms with E-state index in [1.165, 1.54) is 30.5 Å². The van der Waals surface area contributed by atoms with E-state index in [9.17, 15) is 25.3 Å². The number of nitriles is 1. The molecule has 0 saturated carbocycles. The first-order valence-corrected chi connectivity index (χ1v) is 7.61. The zero-order chi connectivity index (χ0) is 19.3. The van der Waals surface area contributed by atoms with Gasteiger partial charge in [-0.25, -0.2) is 0 Å². The van der Waals surface area contributed by atoms with Crippen LogP contribution in [0.2, 0.25) is 5.02 Å². The van der Waals surface area contributed by atoms with Gasteiger partial charge in [0.15, 0.2) is 0 Å². The molecule has 0 saturated heterocycles. The quantitative estimate of drug-likeness (QED) is 0.241. The number of nitrogens with zero attached hydrogens (tertiary/aromatic N) is 2. The standard InChI is InChI=1S/C17H13ClN4O4/c1-10-6-13(23)3-5-15(10)20-9-11(8-19)17(24)21-16-7-12(22(25)26)2-4-14(16)18/h2-7,9,20,23H,1H3,(H,21,24)/b11-9-. The highest BCUT2D eigenvalue weighted by Crippen LogP contribution is 2.27. The van der Waals surface area contributed by atoms with Crippen LogP contribution in [0.15, 0.2) is 48.2 Å². The van der Waals surface area contributed by atoms with Crippen LogP contribution in [-0.4, -0.2) is 15.9 Å². The number of hydrogen-bond donors (Lipinski definition) is 3. The van der Waals surface area contributed by atoms with Crippen molar-refractivity contribution in [2.45, 2.75) is 6.92 Å². The SMILES string of the molecule is Cc1cc(O)ccc1N/C=C(/C#N)C(=O)Nc1cc([N+](=O)[O-])ccc1Cl. The highest BCUT2D eigenvalue weighted by molar-refractivity contribution is 6.34. The first-order valence-electron chi connectivity index (χ1n) is 7.23. The van der Waals surface area contributed by atoms with Gasteiger partial charge in [-0.15, -0.1) is 0 Å². The number of rotatable bonds is 5. The van der Waals surface area contributed by atoms with E-state index in [0.29, 0.717) is 11.3 Å². The lowest BCUT2D eigenvalue weighted by Crippen LogP contribution is -2.15. The Kier molecular flexibility index (Phi) is 5.78. The number of phenolic OH excluding ortho intramolecular Hbond substituents is 1. The van der Waals surface area contributed by atoms with Crippen LogP contribution in [0.4, 0.5) is 17.1 Å². The molecule has 0 aliphatic rings. The molecular weight excluding hydrogens is 360 g/mol. The lowest BCUT2D eigenvalue weighted by molar-refractivity contribution is -0.384. The van der Waals surface area contributed by atoms with Crippen LogP contribution in [-0.2, 0) is 4.79 Å². The Morgan fingerprint density at radius 3 is 2.65 bits per heavy atom. The van der Waals surface area contributed by atoms with Crippen LogP contribution < -0.4 is 10.6 Å². The summed E-state index contributed by atoms with van der Waals surface area (Å²) in [7, 11) is 0. The molecule has 0 aliphatic carbocycles. The lowest BCUT2D eigenvalue weighted by atomic mass is 10.2. The number of amides is 1. The molecule has 1 amide bonds. The number of hydrogen-bond acceptors (Lipinski definition) is 6. The van der Waals surface area contributed by atoms with Gasteiger partial charge in [-0.1, -0.05) is 11.6 Å². The summed E-state index contributed by atoms with van der Waals surface area (Å²) in [6.07, 6.45) is 1.19. The zero-order valence-corrected chi connectivity index (χ0v) is 14.2. The Balaban J connectivity index is 2.20. The molecule has 0 radical (unpaired) electrons. The third-order valence-corrected chi connectivity index (χ3v) is 3.69. The number of non-ortho nitro benzene ring substituents is 1. The average molecular weight is 373 g/mol. The third kappa shape index (κ3) is 4.49. The van der Waals surface area contributed by atoms with E-state index < -0.39 is 10.8 Å². The number of halogens is 1. The summed E-state index contributed by atoms with van der Waals surface area (Å²) in [5.41, 5.74) is 0.815. The molecule has 3 N–H and O–H groups in total. The minimum Gasteiger partial charge on any atom is -0.508 e. The molecule has 9 heteroatoms. The van der Waals surface area contributed by atoms with Gasteiger partial charge in [0.1, 0.15) is 17.4 Å². The lowest BCUT2D eigenvalue weighted by Gasteiger charge is -2.08. The number of aryl methyl sites for hydroxylation is 1. The van der Waals surface area contributed by atoms with Crippen molar-refractivity contribution in [3.8, 4) is 11.8 Å². The highest BCUT2D eigenvalue weighted by atomic mass is 35.5. The van der Waals surface area contributed by atoms with Crippen LogP contribution in [0, 0.1) is 28.4 Å². The third-order valence-electron chi connectivity index (χ3n) is 3.36. The maximum atomic E-state index is 12.2. The van der Waals surface area contributed by atoms with Crippen molar-refractivity contribution < 1.29 is 14.8 Å². The first kappa shape index (κ1) is 18.8. The predicted octanol–water partition coefficient (Wildman–Crippen LogP) is 3.72. The molecule has 2 rings (SSSR count). The number of phenols is 1. The zero-order valence-electron chi connectivity index (χ0n) is 13.5. The van der Waals surface area contributed by atoms with Crippen LogP contribution in [0.3, 0.4) is 0 Å². The number of nitro benzene ring substituents is 1. The van der Waals surface area contributed by atoms with Gasteiger partial charge in [-0.05, 0) is 36.8 Å². The Morgan fingerprint density at radius 2 is 2.04 bits per heavy atom. The second kappa shape index (κ2) is 8.00. The number of carbonyl (C=O) groups is 1. The molecule has 0 atom stereocenters. The molecule has 2 aromatic carbocycles. The average Bonchev–Trinajstić information content (AvgIpc) is 2.58. The smallest absolute Gasteiger partial charge is 0.271 e.